The number of hydrogen-bond acceptors (Lipinski definition) is 7. The van der Waals surface area contributed by atoms with Crippen LogP contribution in [0.4, 0.5) is 57.1 Å². The summed E-state index contributed by atoms with van der Waals surface area (Å²) in [6.45, 7) is 3.18. The number of ketones is 4. The lowest BCUT2D eigenvalue weighted by atomic mass is 9.65. The van der Waals surface area contributed by atoms with Crippen LogP contribution in [0.5, 0.6) is 11.5 Å². The molecule has 0 amide bonds. The maximum absolute atomic E-state index is 11.2. The lowest BCUT2D eigenvalue weighted by Crippen LogP contribution is -2.30. The Morgan fingerprint density at radius 2 is 0.784 bits per heavy atom. The first-order chi connectivity index (χ1) is 34.9. The van der Waals surface area contributed by atoms with Crippen LogP contribution in [0.3, 0.4) is 0 Å². The highest BCUT2D eigenvalue weighted by Crippen LogP contribution is 2.46. The third-order valence-electron chi connectivity index (χ3n) is 10.2. The Morgan fingerprint density at radius 1 is 0.473 bits per heavy atom. The van der Waals surface area contributed by atoms with Gasteiger partial charge in [0, 0.05) is 34.8 Å². The molecule has 0 spiro atoms. The van der Waals surface area contributed by atoms with E-state index >= 15 is 0 Å². The Hall–Kier alpha value is -6.31. The highest BCUT2D eigenvalue weighted by atomic mass is 19.5. The zero-order valence-corrected chi connectivity index (χ0v) is 42.8. The van der Waals surface area contributed by atoms with E-state index in [1.165, 1.54) is 75.3 Å². The maximum Gasteiger partial charge on any atom is 0.559 e. The average Bonchev–Trinajstić information content (AvgIpc) is 3.35. The van der Waals surface area contributed by atoms with Crippen molar-refractivity contribution in [3.8, 4) is 11.5 Å². The molecular formula is C54H65F13O7. The molecule has 0 heterocycles. The topological polar surface area (TPSA) is 96.0 Å². The zero-order valence-electron chi connectivity index (χ0n) is 42.8. The van der Waals surface area contributed by atoms with Gasteiger partial charge in [0.2, 0.25) is 27.7 Å². The summed E-state index contributed by atoms with van der Waals surface area (Å²) < 4.78 is 142. The van der Waals surface area contributed by atoms with E-state index in [-0.39, 0.29) is 41.8 Å². The Kier molecular flexibility index (Phi) is 39.9. The van der Waals surface area contributed by atoms with Crippen LogP contribution in [-0.4, -0.2) is 91.9 Å². The molecule has 0 bridgehead atoms. The summed E-state index contributed by atoms with van der Waals surface area (Å²) in [4.78, 5) is 44.2. The van der Waals surface area contributed by atoms with Crippen molar-refractivity contribution in [3.63, 3.8) is 0 Å². The molecule has 0 unspecified atom stereocenters. The molecule has 0 saturated heterocycles. The number of Topliss-reactive ketones (excluding diaryl/α,β-unsaturated/α-hetero) is 4. The first kappa shape index (κ1) is 71.9. The molecule has 5 aromatic rings. The van der Waals surface area contributed by atoms with Gasteiger partial charge in [0.25, 0.3) is 0 Å². The molecule has 0 N–H and O–H groups in total. The lowest BCUT2D eigenvalue weighted by Gasteiger charge is -2.39. The van der Waals surface area contributed by atoms with Crippen LogP contribution in [-0.2, 0) is 10.2 Å². The van der Waals surface area contributed by atoms with Crippen LogP contribution in [0.1, 0.15) is 123 Å². The van der Waals surface area contributed by atoms with Gasteiger partial charge in [0.15, 0.2) is 23.1 Å². The fourth-order valence-corrected chi connectivity index (χ4v) is 6.97. The summed E-state index contributed by atoms with van der Waals surface area (Å²) in [7, 11) is 4.95. The van der Waals surface area contributed by atoms with E-state index < -0.39 is 34.1 Å². The second-order valence-corrected chi connectivity index (χ2v) is 15.1. The SMILES string of the molecule is CC(=O)c1ccc2cc(C(C)=O)ccc2c1.CC(=O)c1cccc(C(C)=O)c1.COCCF.COc1ccc(C2(c3ccc(OC)c(C)c3)CCCCC2)cc1C.FC(F)(F)F.FCF.FCF.FCF.FCF. The first-order valence-electron chi connectivity index (χ1n) is 22.1. The molecule has 1 saturated carbocycles. The minimum absolute atomic E-state index is 0.0156. The lowest BCUT2D eigenvalue weighted by molar-refractivity contribution is -0.237. The molecule has 0 aromatic heterocycles. The second kappa shape index (κ2) is 41.1. The van der Waals surface area contributed by atoms with Crippen molar-refractivity contribution >= 4 is 33.9 Å². The summed E-state index contributed by atoms with van der Waals surface area (Å²) in [6.07, 6.45) is 0.841. The Labute approximate surface area is 424 Å². The van der Waals surface area contributed by atoms with Crippen molar-refractivity contribution in [2.24, 2.45) is 0 Å². The van der Waals surface area contributed by atoms with E-state index in [4.69, 9.17) is 9.47 Å². The van der Waals surface area contributed by atoms with Gasteiger partial charge in [-0.2, -0.15) is 0 Å². The molecule has 5 aromatic carbocycles. The molecule has 1 aliphatic rings. The van der Waals surface area contributed by atoms with E-state index in [1.54, 1.807) is 64.5 Å². The Morgan fingerprint density at radius 3 is 1.03 bits per heavy atom. The number of fused-ring (bicyclic) bond motifs is 1. The number of aryl methyl sites for hydroxylation is 2. The largest absolute Gasteiger partial charge is 0.559 e. The van der Waals surface area contributed by atoms with Gasteiger partial charge in [-0.15, -0.1) is 17.6 Å². The van der Waals surface area contributed by atoms with Gasteiger partial charge in [0.1, 0.15) is 18.2 Å². The van der Waals surface area contributed by atoms with E-state index in [1.807, 2.05) is 24.3 Å². The molecule has 0 atom stereocenters. The van der Waals surface area contributed by atoms with Crippen molar-refractivity contribution in [2.75, 3.05) is 62.3 Å². The molecule has 74 heavy (non-hydrogen) atoms. The van der Waals surface area contributed by atoms with E-state index in [0.29, 0.717) is 22.3 Å². The summed E-state index contributed by atoms with van der Waals surface area (Å²) in [5, 5.41) is 1.97. The number of halogens is 13. The van der Waals surface area contributed by atoms with Crippen LogP contribution >= 0.6 is 0 Å². The van der Waals surface area contributed by atoms with Gasteiger partial charge in [-0.1, -0.05) is 86.0 Å². The predicted octanol–water partition coefficient (Wildman–Crippen LogP) is 16.5. The molecule has 20 heteroatoms. The van der Waals surface area contributed by atoms with Gasteiger partial charge in [-0.25, -0.2) is 39.5 Å². The third-order valence-corrected chi connectivity index (χ3v) is 10.2. The predicted molar refractivity (Wildman–Crippen MR) is 263 cm³/mol. The maximum atomic E-state index is 11.2. The van der Waals surface area contributed by atoms with Crippen molar-refractivity contribution in [1.29, 1.82) is 0 Å². The summed E-state index contributed by atoms with van der Waals surface area (Å²) >= 11 is 0. The van der Waals surface area contributed by atoms with Gasteiger partial charge < -0.3 is 14.2 Å². The number of alkyl halides is 13. The van der Waals surface area contributed by atoms with Crippen molar-refractivity contribution in [1.82, 2.24) is 0 Å². The summed E-state index contributed by atoms with van der Waals surface area (Å²) in [5.74, 6) is 2.01. The quantitative estimate of drug-likeness (QED) is 0.102. The minimum Gasteiger partial charge on any atom is -0.496 e. The second-order valence-electron chi connectivity index (χ2n) is 15.1. The van der Waals surface area contributed by atoms with E-state index in [0.717, 1.165) is 22.3 Å². The number of hydrogen-bond donors (Lipinski definition) is 0. The molecule has 1 aliphatic carbocycles. The monoisotopic (exact) mass is 1070 g/mol. The van der Waals surface area contributed by atoms with Crippen molar-refractivity contribution < 1.29 is 90.5 Å². The van der Waals surface area contributed by atoms with Crippen LogP contribution in [0.25, 0.3) is 10.8 Å². The standard InChI is InChI=1S/C22H28O2.C14H12O2.C10H10O2.C3H7FO.CF4.4CH2F2/c1-16-14-18(8-10-20(16)23-3)22(12-6-5-7-13-22)19-9-11-21(24-4)17(2)15-19;1-9(15)11-3-5-14-8-12(10(2)16)4-6-13(14)7-11;1-7(11)9-4-3-5-10(6-9)8(2)12;1-5-3-2-4;2-1(3,4)5;4*2-1-3/h8-11,14-15H,5-7,12-13H2,1-4H3;3-8H,1-2H3;3-6H,1-2H3;2-3H2,1H3;;4*1H2. The van der Waals surface area contributed by atoms with Crippen molar-refractivity contribution in [3.05, 3.63) is 142 Å². The first-order valence-corrected chi connectivity index (χ1v) is 22.1. The fraction of sp³-hybridized carbons (Fsp3) is 0.407. The minimum atomic E-state index is -5.50. The molecular weight excluding hydrogens is 1010 g/mol. The van der Waals surface area contributed by atoms with Crippen LogP contribution in [0, 0.1) is 13.8 Å². The molecule has 414 valence electrons. The molecule has 6 rings (SSSR count). The van der Waals surface area contributed by atoms with Crippen LogP contribution in [0.15, 0.2) is 97.1 Å². The average molecular weight is 1070 g/mol. The van der Waals surface area contributed by atoms with Gasteiger partial charge >= 0.3 is 6.43 Å². The highest BCUT2D eigenvalue weighted by Gasteiger charge is 2.36. The van der Waals surface area contributed by atoms with Gasteiger partial charge in [0.05, 0.1) is 20.8 Å². The van der Waals surface area contributed by atoms with Gasteiger partial charge in [-0.3, -0.25) is 19.2 Å². The molecule has 0 aliphatic heterocycles. The normalized spacial score (nSPS) is 11.5. The van der Waals surface area contributed by atoms with Gasteiger partial charge in [-0.05, 0) is 118 Å². The molecule has 0 radical (unpaired) electrons. The van der Waals surface area contributed by atoms with E-state index in [9.17, 15) is 76.3 Å². The Bertz CT molecular complexity index is 2200. The smallest absolute Gasteiger partial charge is 0.496 e. The molecule has 7 nitrogen and oxygen atoms in total. The summed E-state index contributed by atoms with van der Waals surface area (Å²) in [5.41, 5.74) is 7.95. The number of carbonyl (C=O) groups is 4. The number of rotatable bonds is 10. The summed E-state index contributed by atoms with van der Waals surface area (Å²) in [6, 6.07) is 31.2. The van der Waals surface area contributed by atoms with Crippen LogP contribution in [0.2, 0.25) is 0 Å². The zero-order chi connectivity index (χ0) is 57.5. The number of benzene rings is 5. The fourth-order valence-electron chi connectivity index (χ4n) is 6.97. The van der Waals surface area contributed by atoms with E-state index in [2.05, 4.69) is 55.0 Å². The van der Waals surface area contributed by atoms with Crippen molar-refractivity contribution in [2.45, 2.75) is 85.5 Å². The highest BCUT2D eigenvalue weighted by molar-refractivity contribution is 6.02. The molecule has 1 fully saturated rings. The third kappa shape index (κ3) is 30.0. The van der Waals surface area contributed by atoms with Crippen LogP contribution < -0.4 is 9.47 Å². The number of carbonyl (C=O) groups excluding carboxylic acids is 4. The number of methoxy groups -OCH3 is 3. The Balaban J connectivity index is -0.000000877. The number of ether oxygens (including phenoxy) is 3.